The summed E-state index contributed by atoms with van der Waals surface area (Å²) in [5.74, 6) is 0.696. The quantitative estimate of drug-likeness (QED) is 0.688. The van der Waals surface area contributed by atoms with Gasteiger partial charge in [-0.3, -0.25) is 0 Å². The third-order valence-corrected chi connectivity index (χ3v) is 2.62. The maximum atomic E-state index is 5.97. The van der Waals surface area contributed by atoms with Gasteiger partial charge in [0.15, 0.2) is 0 Å². The van der Waals surface area contributed by atoms with Crippen molar-refractivity contribution in [1.82, 2.24) is 0 Å². The lowest BCUT2D eigenvalue weighted by molar-refractivity contribution is 0.416. The SMILES string of the molecule is COc1cccc(N)c1-c1ccc(N)cc1N. The molecular formula is C13H15N3O. The molecule has 0 aliphatic rings. The van der Waals surface area contributed by atoms with Crippen LogP contribution in [0.2, 0.25) is 0 Å². The van der Waals surface area contributed by atoms with Crippen molar-refractivity contribution in [1.29, 1.82) is 0 Å². The molecule has 2 aromatic rings. The first-order valence-corrected chi connectivity index (χ1v) is 5.21. The minimum absolute atomic E-state index is 0.584. The highest BCUT2D eigenvalue weighted by Gasteiger charge is 2.12. The molecule has 2 aromatic carbocycles. The van der Waals surface area contributed by atoms with Crippen molar-refractivity contribution in [3.05, 3.63) is 36.4 Å². The van der Waals surface area contributed by atoms with Crippen molar-refractivity contribution in [2.45, 2.75) is 0 Å². The zero-order chi connectivity index (χ0) is 12.4. The highest BCUT2D eigenvalue weighted by atomic mass is 16.5. The molecule has 0 atom stereocenters. The Morgan fingerprint density at radius 3 is 2.35 bits per heavy atom. The molecule has 0 fully saturated rings. The zero-order valence-electron chi connectivity index (χ0n) is 9.60. The Balaban J connectivity index is 2.67. The summed E-state index contributed by atoms with van der Waals surface area (Å²) in [6.07, 6.45) is 0. The van der Waals surface area contributed by atoms with Crippen LogP contribution in [0.4, 0.5) is 17.1 Å². The van der Waals surface area contributed by atoms with E-state index in [1.54, 1.807) is 19.2 Å². The average molecular weight is 229 g/mol. The van der Waals surface area contributed by atoms with Gasteiger partial charge in [0.1, 0.15) is 5.75 Å². The maximum Gasteiger partial charge on any atom is 0.128 e. The van der Waals surface area contributed by atoms with Crippen molar-refractivity contribution >= 4 is 17.1 Å². The van der Waals surface area contributed by atoms with Crippen molar-refractivity contribution in [2.24, 2.45) is 0 Å². The van der Waals surface area contributed by atoms with Crippen LogP contribution in [0.15, 0.2) is 36.4 Å². The van der Waals surface area contributed by atoms with Gasteiger partial charge in [0.25, 0.3) is 0 Å². The van der Waals surface area contributed by atoms with Gasteiger partial charge in [0.2, 0.25) is 0 Å². The van der Waals surface area contributed by atoms with Crippen LogP contribution in [0, 0.1) is 0 Å². The molecule has 0 bridgehead atoms. The van der Waals surface area contributed by atoms with Gasteiger partial charge in [-0.2, -0.15) is 0 Å². The van der Waals surface area contributed by atoms with E-state index >= 15 is 0 Å². The largest absolute Gasteiger partial charge is 0.496 e. The van der Waals surface area contributed by atoms with E-state index in [9.17, 15) is 0 Å². The normalized spacial score (nSPS) is 10.2. The van der Waals surface area contributed by atoms with Gasteiger partial charge < -0.3 is 21.9 Å². The smallest absolute Gasteiger partial charge is 0.128 e. The van der Waals surface area contributed by atoms with E-state index in [1.807, 2.05) is 24.3 Å². The van der Waals surface area contributed by atoms with E-state index in [1.165, 1.54) is 0 Å². The summed E-state index contributed by atoms with van der Waals surface area (Å²) in [7, 11) is 1.60. The zero-order valence-corrected chi connectivity index (χ0v) is 9.60. The summed E-state index contributed by atoms with van der Waals surface area (Å²) in [4.78, 5) is 0. The Bertz CT molecular complexity index is 552. The maximum absolute atomic E-state index is 5.97. The lowest BCUT2D eigenvalue weighted by Crippen LogP contribution is -1.98. The van der Waals surface area contributed by atoms with Gasteiger partial charge in [0.05, 0.1) is 7.11 Å². The molecule has 88 valence electrons. The Labute approximate surface area is 100.0 Å². The number of benzene rings is 2. The molecule has 0 unspecified atom stereocenters. The molecule has 0 spiro atoms. The summed E-state index contributed by atoms with van der Waals surface area (Å²) in [5.41, 5.74) is 21.1. The lowest BCUT2D eigenvalue weighted by Gasteiger charge is -2.13. The van der Waals surface area contributed by atoms with Crippen LogP contribution in [-0.2, 0) is 0 Å². The average Bonchev–Trinajstić information content (AvgIpc) is 2.30. The molecule has 0 aliphatic heterocycles. The summed E-state index contributed by atoms with van der Waals surface area (Å²) in [6.45, 7) is 0. The number of ether oxygens (including phenoxy) is 1. The van der Waals surface area contributed by atoms with Gasteiger partial charge >= 0.3 is 0 Å². The number of rotatable bonds is 2. The monoisotopic (exact) mass is 229 g/mol. The molecule has 0 saturated heterocycles. The summed E-state index contributed by atoms with van der Waals surface area (Å²) in [5, 5.41) is 0. The Morgan fingerprint density at radius 2 is 1.71 bits per heavy atom. The molecule has 17 heavy (non-hydrogen) atoms. The van der Waals surface area contributed by atoms with E-state index in [0.29, 0.717) is 22.8 Å². The number of nitrogens with two attached hydrogens (primary N) is 3. The van der Waals surface area contributed by atoms with Crippen LogP contribution in [0.1, 0.15) is 0 Å². The summed E-state index contributed by atoms with van der Waals surface area (Å²) in [6, 6.07) is 10.8. The first kappa shape index (κ1) is 11.1. The first-order valence-electron chi connectivity index (χ1n) is 5.21. The van der Waals surface area contributed by atoms with E-state index in [0.717, 1.165) is 11.1 Å². The van der Waals surface area contributed by atoms with Gasteiger partial charge in [0, 0.05) is 28.2 Å². The van der Waals surface area contributed by atoms with Crippen LogP contribution in [0.3, 0.4) is 0 Å². The Hall–Kier alpha value is -2.36. The molecule has 0 aliphatic carbocycles. The fourth-order valence-electron chi connectivity index (χ4n) is 1.82. The minimum Gasteiger partial charge on any atom is -0.496 e. The second-order valence-corrected chi connectivity index (χ2v) is 3.77. The highest BCUT2D eigenvalue weighted by molar-refractivity contribution is 5.89. The second-order valence-electron chi connectivity index (χ2n) is 3.77. The van der Waals surface area contributed by atoms with Gasteiger partial charge in [-0.25, -0.2) is 0 Å². The number of methoxy groups -OCH3 is 1. The minimum atomic E-state index is 0.584. The standard InChI is InChI=1S/C13H15N3O/c1-17-12-4-2-3-10(15)13(12)9-6-5-8(14)7-11(9)16/h2-7H,14-16H2,1H3. The van der Waals surface area contributed by atoms with E-state index < -0.39 is 0 Å². The second kappa shape index (κ2) is 4.25. The van der Waals surface area contributed by atoms with Crippen LogP contribution < -0.4 is 21.9 Å². The molecule has 0 heterocycles. The predicted octanol–water partition coefficient (Wildman–Crippen LogP) is 2.11. The van der Waals surface area contributed by atoms with Crippen LogP contribution in [0.25, 0.3) is 11.1 Å². The Morgan fingerprint density at radius 1 is 0.941 bits per heavy atom. The molecule has 0 aromatic heterocycles. The molecule has 0 saturated carbocycles. The number of hydrogen-bond acceptors (Lipinski definition) is 4. The molecular weight excluding hydrogens is 214 g/mol. The lowest BCUT2D eigenvalue weighted by atomic mass is 10.0. The number of anilines is 3. The van der Waals surface area contributed by atoms with Crippen molar-refractivity contribution in [2.75, 3.05) is 24.3 Å². The van der Waals surface area contributed by atoms with Crippen LogP contribution in [-0.4, -0.2) is 7.11 Å². The Kier molecular flexibility index (Phi) is 2.78. The third-order valence-electron chi connectivity index (χ3n) is 2.62. The van der Waals surface area contributed by atoms with E-state index in [4.69, 9.17) is 21.9 Å². The topological polar surface area (TPSA) is 87.3 Å². The van der Waals surface area contributed by atoms with Gasteiger partial charge in [-0.1, -0.05) is 12.1 Å². The first-order chi connectivity index (χ1) is 8.13. The van der Waals surface area contributed by atoms with Crippen molar-refractivity contribution < 1.29 is 4.74 Å². The molecule has 0 radical (unpaired) electrons. The van der Waals surface area contributed by atoms with Crippen LogP contribution >= 0.6 is 0 Å². The molecule has 2 rings (SSSR count). The molecule has 4 heteroatoms. The predicted molar refractivity (Wildman–Crippen MR) is 71.7 cm³/mol. The summed E-state index contributed by atoms with van der Waals surface area (Å²) < 4.78 is 5.30. The fraction of sp³-hybridized carbons (Fsp3) is 0.0769. The molecule has 0 amide bonds. The molecule has 4 nitrogen and oxygen atoms in total. The molecule has 6 N–H and O–H groups in total. The fourth-order valence-corrected chi connectivity index (χ4v) is 1.82. The van der Waals surface area contributed by atoms with E-state index in [-0.39, 0.29) is 0 Å². The van der Waals surface area contributed by atoms with Crippen molar-refractivity contribution in [3.8, 4) is 16.9 Å². The number of hydrogen-bond donors (Lipinski definition) is 3. The summed E-state index contributed by atoms with van der Waals surface area (Å²) >= 11 is 0. The third kappa shape index (κ3) is 1.97. The van der Waals surface area contributed by atoms with E-state index in [2.05, 4.69) is 0 Å². The number of nitrogen functional groups attached to an aromatic ring is 3. The van der Waals surface area contributed by atoms with Crippen LogP contribution in [0.5, 0.6) is 5.75 Å². The van der Waals surface area contributed by atoms with Gasteiger partial charge in [-0.05, 0) is 24.3 Å². The van der Waals surface area contributed by atoms with Gasteiger partial charge in [-0.15, -0.1) is 0 Å². The highest BCUT2D eigenvalue weighted by Crippen LogP contribution is 2.38. The van der Waals surface area contributed by atoms with Crippen molar-refractivity contribution in [3.63, 3.8) is 0 Å².